The lowest BCUT2D eigenvalue weighted by atomic mass is 10.1. The standard InChI is InChI=1S/C24H22N2O3/c1-17-7-11-21(12-8-17)29-22-13-9-19(10-14-22)25-24(28)18-15-23(27)26(16-18)20-5-3-2-4-6-20/h2-14,18H,15-16H2,1H3,(H,25,28)/t18-/m0/s1. The van der Waals surface area contributed by atoms with E-state index in [1.165, 1.54) is 5.56 Å². The molecule has 4 rings (SSSR count). The Hall–Kier alpha value is -3.60. The predicted octanol–water partition coefficient (Wildman–Crippen LogP) is 4.78. The minimum absolute atomic E-state index is 0.0294. The second-order valence-corrected chi connectivity index (χ2v) is 7.17. The molecular weight excluding hydrogens is 364 g/mol. The normalized spacial score (nSPS) is 16.0. The van der Waals surface area contributed by atoms with E-state index in [2.05, 4.69) is 5.32 Å². The average molecular weight is 386 g/mol. The third-order valence-corrected chi connectivity index (χ3v) is 4.94. The number of carbonyl (C=O) groups excluding carboxylic acids is 2. The molecule has 3 aromatic carbocycles. The lowest BCUT2D eigenvalue weighted by Gasteiger charge is -2.16. The van der Waals surface area contributed by atoms with Crippen LogP contribution in [0.25, 0.3) is 0 Å². The van der Waals surface area contributed by atoms with Crippen LogP contribution in [0.1, 0.15) is 12.0 Å². The van der Waals surface area contributed by atoms with Crippen molar-refractivity contribution in [1.29, 1.82) is 0 Å². The summed E-state index contributed by atoms with van der Waals surface area (Å²) >= 11 is 0. The number of amides is 2. The molecule has 146 valence electrons. The number of carbonyl (C=O) groups is 2. The van der Waals surface area contributed by atoms with E-state index in [-0.39, 0.29) is 24.2 Å². The van der Waals surface area contributed by atoms with E-state index in [0.29, 0.717) is 18.0 Å². The number of para-hydroxylation sites is 1. The number of hydrogen-bond acceptors (Lipinski definition) is 3. The second-order valence-electron chi connectivity index (χ2n) is 7.17. The van der Waals surface area contributed by atoms with Crippen molar-refractivity contribution in [1.82, 2.24) is 0 Å². The maximum Gasteiger partial charge on any atom is 0.229 e. The van der Waals surface area contributed by atoms with Crippen molar-refractivity contribution in [2.24, 2.45) is 5.92 Å². The van der Waals surface area contributed by atoms with Crippen LogP contribution >= 0.6 is 0 Å². The fourth-order valence-electron chi connectivity index (χ4n) is 3.33. The first kappa shape index (κ1) is 18.7. The van der Waals surface area contributed by atoms with Crippen molar-refractivity contribution in [3.63, 3.8) is 0 Å². The van der Waals surface area contributed by atoms with Gasteiger partial charge >= 0.3 is 0 Å². The molecule has 0 bridgehead atoms. The highest BCUT2D eigenvalue weighted by Crippen LogP contribution is 2.27. The van der Waals surface area contributed by atoms with Gasteiger partial charge in [0.15, 0.2) is 0 Å². The molecule has 0 radical (unpaired) electrons. The molecule has 29 heavy (non-hydrogen) atoms. The fraction of sp³-hybridized carbons (Fsp3) is 0.167. The van der Waals surface area contributed by atoms with Crippen molar-refractivity contribution in [3.05, 3.63) is 84.4 Å². The molecule has 0 saturated carbocycles. The minimum atomic E-state index is -0.369. The summed E-state index contributed by atoms with van der Waals surface area (Å²) in [5, 5.41) is 2.90. The van der Waals surface area contributed by atoms with E-state index in [9.17, 15) is 9.59 Å². The number of benzene rings is 3. The largest absolute Gasteiger partial charge is 0.457 e. The van der Waals surface area contributed by atoms with Crippen LogP contribution < -0.4 is 15.0 Å². The molecule has 0 spiro atoms. The molecule has 1 heterocycles. The summed E-state index contributed by atoms with van der Waals surface area (Å²) in [5.41, 5.74) is 2.67. The van der Waals surface area contributed by atoms with Crippen LogP contribution in [0.4, 0.5) is 11.4 Å². The van der Waals surface area contributed by atoms with Crippen LogP contribution in [-0.4, -0.2) is 18.4 Å². The maximum atomic E-state index is 12.6. The Balaban J connectivity index is 1.36. The number of aryl methyl sites for hydroxylation is 1. The lowest BCUT2D eigenvalue weighted by molar-refractivity contribution is -0.122. The molecule has 1 N–H and O–H groups in total. The number of ether oxygens (including phenoxy) is 1. The SMILES string of the molecule is Cc1ccc(Oc2ccc(NC(=O)[C@H]3CC(=O)N(c4ccccc4)C3)cc2)cc1. The van der Waals surface area contributed by atoms with Crippen molar-refractivity contribution in [3.8, 4) is 11.5 Å². The Morgan fingerprint density at radius 3 is 2.21 bits per heavy atom. The summed E-state index contributed by atoms with van der Waals surface area (Å²) < 4.78 is 5.81. The Labute approximate surface area is 169 Å². The average Bonchev–Trinajstić information content (AvgIpc) is 3.14. The van der Waals surface area contributed by atoms with E-state index in [1.807, 2.05) is 73.7 Å². The molecule has 1 fully saturated rings. The van der Waals surface area contributed by atoms with Crippen LogP contribution in [0.3, 0.4) is 0 Å². The third kappa shape index (κ3) is 4.46. The van der Waals surface area contributed by atoms with Gasteiger partial charge in [-0.25, -0.2) is 0 Å². The lowest BCUT2D eigenvalue weighted by Crippen LogP contribution is -2.28. The van der Waals surface area contributed by atoms with Gasteiger partial charge in [0.05, 0.1) is 5.92 Å². The van der Waals surface area contributed by atoms with E-state index in [4.69, 9.17) is 4.74 Å². The van der Waals surface area contributed by atoms with Gasteiger partial charge in [0.2, 0.25) is 11.8 Å². The van der Waals surface area contributed by atoms with Gasteiger partial charge in [0.1, 0.15) is 11.5 Å². The van der Waals surface area contributed by atoms with Gasteiger partial charge < -0.3 is 15.0 Å². The minimum Gasteiger partial charge on any atom is -0.457 e. The maximum absolute atomic E-state index is 12.6. The number of hydrogen-bond donors (Lipinski definition) is 1. The van der Waals surface area contributed by atoms with Crippen LogP contribution in [-0.2, 0) is 9.59 Å². The predicted molar refractivity (Wildman–Crippen MR) is 113 cm³/mol. The van der Waals surface area contributed by atoms with Gasteiger partial charge in [-0.05, 0) is 55.5 Å². The topological polar surface area (TPSA) is 58.6 Å². The van der Waals surface area contributed by atoms with E-state index in [1.54, 1.807) is 17.0 Å². The molecule has 1 aliphatic heterocycles. The van der Waals surface area contributed by atoms with Gasteiger partial charge in [-0.15, -0.1) is 0 Å². The highest BCUT2D eigenvalue weighted by Gasteiger charge is 2.35. The van der Waals surface area contributed by atoms with Crippen molar-refractivity contribution in [2.75, 3.05) is 16.8 Å². The fourth-order valence-corrected chi connectivity index (χ4v) is 3.33. The molecular formula is C24H22N2O3. The van der Waals surface area contributed by atoms with Crippen LogP contribution in [0.2, 0.25) is 0 Å². The quantitative estimate of drug-likeness (QED) is 0.687. The second kappa shape index (κ2) is 8.19. The Bertz CT molecular complexity index is 999. The Kier molecular flexibility index (Phi) is 5.29. The monoisotopic (exact) mass is 386 g/mol. The smallest absolute Gasteiger partial charge is 0.229 e. The summed E-state index contributed by atoms with van der Waals surface area (Å²) in [5.74, 6) is 0.907. The molecule has 0 aromatic heterocycles. The van der Waals surface area contributed by atoms with Gasteiger partial charge in [-0.1, -0.05) is 35.9 Å². The summed E-state index contributed by atoms with van der Waals surface area (Å²) in [4.78, 5) is 26.6. The third-order valence-electron chi connectivity index (χ3n) is 4.94. The first-order valence-corrected chi connectivity index (χ1v) is 9.59. The van der Waals surface area contributed by atoms with Crippen LogP contribution in [0, 0.1) is 12.8 Å². The summed E-state index contributed by atoms with van der Waals surface area (Å²) in [7, 11) is 0. The van der Waals surface area contributed by atoms with Crippen molar-refractivity contribution < 1.29 is 14.3 Å². The van der Waals surface area contributed by atoms with E-state index >= 15 is 0 Å². The number of nitrogens with one attached hydrogen (secondary N) is 1. The molecule has 5 heteroatoms. The molecule has 0 unspecified atom stereocenters. The molecule has 1 aliphatic rings. The first-order chi connectivity index (χ1) is 14.1. The highest BCUT2D eigenvalue weighted by molar-refractivity contribution is 6.03. The number of nitrogens with zero attached hydrogens (tertiary/aromatic N) is 1. The van der Waals surface area contributed by atoms with E-state index in [0.717, 1.165) is 11.4 Å². The Morgan fingerprint density at radius 1 is 0.931 bits per heavy atom. The highest BCUT2D eigenvalue weighted by atomic mass is 16.5. The zero-order chi connectivity index (χ0) is 20.2. The number of anilines is 2. The molecule has 5 nitrogen and oxygen atoms in total. The molecule has 0 aliphatic carbocycles. The van der Waals surface area contributed by atoms with Crippen LogP contribution in [0.5, 0.6) is 11.5 Å². The van der Waals surface area contributed by atoms with Gasteiger partial charge in [0.25, 0.3) is 0 Å². The van der Waals surface area contributed by atoms with Gasteiger partial charge in [-0.2, -0.15) is 0 Å². The molecule has 1 atom stereocenters. The van der Waals surface area contributed by atoms with Crippen molar-refractivity contribution >= 4 is 23.2 Å². The van der Waals surface area contributed by atoms with Crippen LogP contribution in [0.15, 0.2) is 78.9 Å². The Morgan fingerprint density at radius 2 is 1.55 bits per heavy atom. The summed E-state index contributed by atoms with van der Waals surface area (Å²) in [6.45, 7) is 2.42. The molecule has 2 amide bonds. The van der Waals surface area contributed by atoms with Crippen molar-refractivity contribution in [2.45, 2.75) is 13.3 Å². The zero-order valence-corrected chi connectivity index (χ0v) is 16.2. The molecule has 1 saturated heterocycles. The summed E-state index contributed by atoms with van der Waals surface area (Å²) in [6, 6.07) is 24.5. The van der Waals surface area contributed by atoms with Gasteiger partial charge in [0, 0.05) is 24.3 Å². The first-order valence-electron chi connectivity index (χ1n) is 9.59. The van der Waals surface area contributed by atoms with Gasteiger partial charge in [-0.3, -0.25) is 9.59 Å². The summed E-state index contributed by atoms with van der Waals surface area (Å²) in [6.07, 6.45) is 0.218. The molecule has 3 aromatic rings. The number of rotatable bonds is 5. The van der Waals surface area contributed by atoms with E-state index < -0.39 is 0 Å². The zero-order valence-electron chi connectivity index (χ0n) is 16.2.